The fourth-order valence-electron chi connectivity index (χ4n) is 4.88. The average molecular weight is 567 g/mol. The van der Waals surface area contributed by atoms with Crippen molar-refractivity contribution in [2.24, 2.45) is 0 Å². The number of benzene rings is 2. The van der Waals surface area contributed by atoms with E-state index in [4.69, 9.17) is 19.4 Å². The van der Waals surface area contributed by atoms with Crippen molar-refractivity contribution in [2.75, 3.05) is 48.4 Å². The predicted octanol–water partition coefficient (Wildman–Crippen LogP) is 4.92. The molecule has 41 heavy (non-hydrogen) atoms. The summed E-state index contributed by atoms with van der Waals surface area (Å²) in [6.45, 7) is 10.3. The molecule has 3 amide bonds. The number of carbonyl (C=O) groups excluding carboxylic acids is 2. The zero-order chi connectivity index (χ0) is 29.3. The molecule has 5 rings (SSSR count). The van der Waals surface area contributed by atoms with Gasteiger partial charge in [0.05, 0.1) is 37.2 Å². The van der Waals surface area contributed by atoms with Crippen molar-refractivity contribution in [3.05, 3.63) is 59.7 Å². The highest BCUT2D eigenvalue weighted by atomic mass is 19.1. The summed E-state index contributed by atoms with van der Waals surface area (Å²) in [6, 6.07) is 8.94. The monoisotopic (exact) mass is 566 g/mol. The topological polar surface area (TPSA) is 109 Å². The number of morpholine rings is 1. The van der Waals surface area contributed by atoms with E-state index in [9.17, 15) is 18.4 Å². The largest absolute Gasteiger partial charge is 0.469 e. The average Bonchev–Trinajstić information content (AvgIpc) is 3.03. The van der Waals surface area contributed by atoms with Gasteiger partial charge in [-0.05, 0) is 52.0 Å². The number of anilines is 3. The number of urea groups is 1. The van der Waals surface area contributed by atoms with Gasteiger partial charge in [0.25, 0.3) is 5.91 Å². The van der Waals surface area contributed by atoms with Crippen LogP contribution in [0.2, 0.25) is 0 Å². The molecule has 3 heterocycles. The van der Waals surface area contributed by atoms with Gasteiger partial charge >= 0.3 is 6.03 Å². The SMILES string of the molecule is CCN1CC(C)(C)Oc2nc(N3CCOCC3C)nc(-c3ccc(NC(=O)Nc4ccc(F)cc4F)cc3)c2C1=O. The third-order valence-corrected chi connectivity index (χ3v) is 6.91. The standard InChI is InChI=1S/C29H32F2N6O4/c1-5-36-16-29(3,4)41-25-23(26(36)38)24(34-27(35-25)37-12-13-40-15-17(37)2)18-6-9-20(10-7-18)32-28(39)33-22-11-8-19(30)14-21(22)31/h6-11,14,17H,5,12-13,15-16H2,1-4H3,(H2,32,33,39). The minimum absolute atomic E-state index is 0.0207. The molecule has 0 spiro atoms. The van der Waals surface area contributed by atoms with Crippen molar-refractivity contribution >= 4 is 29.3 Å². The van der Waals surface area contributed by atoms with Crippen LogP contribution >= 0.6 is 0 Å². The second kappa shape index (κ2) is 11.3. The van der Waals surface area contributed by atoms with Crippen LogP contribution in [0.25, 0.3) is 11.3 Å². The number of fused-ring (bicyclic) bond motifs is 1. The quantitative estimate of drug-likeness (QED) is 0.451. The van der Waals surface area contributed by atoms with Crippen LogP contribution in [0, 0.1) is 11.6 Å². The summed E-state index contributed by atoms with van der Waals surface area (Å²) in [6.07, 6.45) is 0. The smallest absolute Gasteiger partial charge is 0.323 e. The van der Waals surface area contributed by atoms with E-state index in [1.54, 1.807) is 29.2 Å². The van der Waals surface area contributed by atoms with Crippen molar-refractivity contribution < 1.29 is 27.8 Å². The maximum atomic E-state index is 13.9. The molecule has 2 N–H and O–H groups in total. The Bertz CT molecular complexity index is 1470. The van der Waals surface area contributed by atoms with Crippen LogP contribution in [0.15, 0.2) is 42.5 Å². The van der Waals surface area contributed by atoms with Gasteiger partial charge in [0, 0.05) is 30.4 Å². The summed E-state index contributed by atoms with van der Waals surface area (Å²) in [5.74, 6) is -1.20. The molecule has 1 atom stereocenters. The summed E-state index contributed by atoms with van der Waals surface area (Å²) < 4.78 is 39.0. The Balaban J connectivity index is 1.49. The first-order valence-corrected chi connectivity index (χ1v) is 13.4. The van der Waals surface area contributed by atoms with E-state index in [0.717, 1.165) is 12.1 Å². The van der Waals surface area contributed by atoms with Crippen molar-refractivity contribution in [2.45, 2.75) is 39.3 Å². The molecular formula is C29H32F2N6O4. The number of hydrogen-bond acceptors (Lipinski definition) is 7. The highest BCUT2D eigenvalue weighted by molar-refractivity contribution is 6.03. The highest BCUT2D eigenvalue weighted by Crippen LogP contribution is 2.36. The van der Waals surface area contributed by atoms with E-state index < -0.39 is 23.3 Å². The lowest BCUT2D eigenvalue weighted by Gasteiger charge is -2.34. The van der Waals surface area contributed by atoms with Gasteiger partial charge in [-0.1, -0.05) is 12.1 Å². The number of amides is 3. The Labute approximate surface area is 236 Å². The number of ether oxygens (including phenoxy) is 2. The van der Waals surface area contributed by atoms with Gasteiger partial charge in [0.15, 0.2) is 0 Å². The Kier molecular flexibility index (Phi) is 7.76. The normalized spacial score (nSPS) is 18.3. The summed E-state index contributed by atoms with van der Waals surface area (Å²) in [7, 11) is 0. The van der Waals surface area contributed by atoms with Gasteiger partial charge in [0.2, 0.25) is 11.8 Å². The van der Waals surface area contributed by atoms with E-state index in [2.05, 4.69) is 10.6 Å². The molecule has 0 saturated carbocycles. The minimum Gasteiger partial charge on any atom is -0.469 e. The molecule has 2 aromatic carbocycles. The maximum absolute atomic E-state index is 13.9. The number of nitrogens with one attached hydrogen (secondary N) is 2. The molecule has 1 unspecified atom stereocenters. The van der Waals surface area contributed by atoms with E-state index in [1.807, 2.05) is 32.6 Å². The first-order valence-electron chi connectivity index (χ1n) is 13.4. The van der Waals surface area contributed by atoms with Crippen LogP contribution < -0.4 is 20.3 Å². The van der Waals surface area contributed by atoms with Gasteiger partial charge in [-0.2, -0.15) is 4.98 Å². The van der Waals surface area contributed by atoms with Gasteiger partial charge in [-0.25, -0.2) is 18.6 Å². The van der Waals surface area contributed by atoms with Crippen molar-refractivity contribution in [1.82, 2.24) is 14.9 Å². The second-order valence-corrected chi connectivity index (χ2v) is 10.6. The van der Waals surface area contributed by atoms with Crippen LogP contribution in [0.5, 0.6) is 5.88 Å². The fourth-order valence-corrected chi connectivity index (χ4v) is 4.88. The minimum atomic E-state index is -0.887. The maximum Gasteiger partial charge on any atom is 0.323 e. The van der Waals surface area contributed by atoms with E-state index >= 15 is 0 Å². The van der Waals surface area contributed by atoms with Crippen molar-refractivity contribution in [3.8, 4) is 17.1 Å². The van der Waals surface area contributed by atoms with Crippen molar-refractivity contribution in [3.63, 3.8) is 0 Å². The molecule has 1 fully saturated rings. The second-order valence-electron chi connectivity index (χ2n) is 10.6. The predicted molar refractivity (Wildman–Crippen MR) is 150 cm³/mol. The number of halogens is 2. The summed E-state index contributed by atoms with van der Waals surface area (Å²) in [5, 5.41) is 4.98. The molecule has 0 bridgehead atoms. The lowest BCUT2D eigenvalue weighted by molar-refractivity contribution is 0.0541. The van der Waals surface area contributed by atoms with E-state index in [1.165, 1.54) is 0 Å². The van der Waals surface area contributed by atoms with Crippen LogP contribution in [0.4, 0.5) is 30.9 Å². The number of nitrogens with zero attached hydrogens (tertiary/aromatic N) is 4. The van der Waals surface area contributed by atoms with Gasteiger partial charge in [-0.15, -0.1) is 0 Å². The number of hydrogen-bond donors (Lipinski definition) is 2. The van der Waals surface area contributed by atoms with Crippen LogP contribution in [0.3, 0.4) is 0 Å². The molecular weight excluding hydrogens is 534 g/mol. The van der Waals surface area contributed by atoms with Gasteiger partial charge in [-0.3, -0.25) is 4.79 Å². The third-order valence-electron chi connectivity index (χ3n) is 6.91. The van der Waals surface area contributed by atoms with E-state index in [0.29, 0.717) is 61.8 Å². The fraction of sp³-hybridized carbons (Fsp3) is 0.379. The van der Waals surface area contributed by atoms with Crippen LogP contribution in [-0.2, 0) is 4.74 Å². The molecule has 0 radical (unpaired) electrons. The lowest BCUT2D eigenvalue weighted by Crippen LogP contribution is -2.44. The van der Waals surface area contributed by atoms with Crippen LogP contribution in [-0.4, -0.2) is 71.3 Å². The lowest BCUT2D eigenvalue weighted by atomic mass is 10.0. The molecule has 3 aromatic rings. The Morgan fingerprint density at radius 3 is 2.56 bits per heavy atom. The zero-order valence-electron chi connectivity index (χ0n) is 23.3. The molecule has 0 aliphatic carbocycles. The number of carbonyl (C=O) groups is 2. The Hall–Kier alpha value is -4.32. The van der Waals surface area contributed by atoms with Gasteiger partial charge in [0.1, 0.15) is 22.8 Å². The molecule has 1 saturated heterocycles. The first-order chi connectivity index (χ1) is 19.5. The molecule has 2 aliphatic rings. The summed E-state index contributed by atoms with van der Waals surface area (Å²) in [5.41, 5.74) is 0.878. The summed E-state index contributed by atoms with van der Waals surface area (Å²) in [4.78, 5) is 39.5. The molecule has 12 heteroatoms. The third kappa shape index (κ3) is 6.07. The van der Waals surface area contributed by atoms with E-state index in [-0.39, 0.29) is 29.1 Å². The Morgan fingerprint density at radius 2 is 1.88 bits per heavy atom. The highest BCUT2D eigenvalue weighted by Gasteiger charge is 2.38. The van der Waals surface area contributed by atoms with Crippen molar-refractivity contribution in [1.29, 1.82) is 0 Å². The molecule has 1 aromatic heterocycles. The number of rotatable bonds is 5. The Morgan fingerprint density at radius 1 is 1.12 bits per heavy atom. The zero-order valence-corrected chi connectivity index (χ0v) is 23.3. The summed E-state index contributed by atoms with van der Waals surface area (Å²) >= 11 is 0. The molecule has 10 nitrogen and oxygen atoms in total. The van der Waals surface area contributed by atoms with Gasteiger partial charge < -0.3 is 29.9 Å². The number of aromatic nitrogens is 2. The molecule has 216 valence electrons. The molecule has 2 aliphatic heterocycles. The first kappa shape index (κ1) is 28.2. The number of likely N-dealkylation sites (N-methyl/N-ethyl adjacent to an activating group) is 1. The van der Waals surface area contributed by atoms with Crippen LogP contribution in [0.1, 0.15) is 38.1 Å².